The minimum atomic E-state index is -4.60. The summed E-state index contributed by atoms with van der Waals surface area (Å²) in [5, 5.41) is 2.66. The van der Waals surface area contributed by atoms with Crippen molar-refractivity contribution in [1.29, 1.82) is 0 Å². The Morgan fingerprint density at radius 2 is 1.60 bits per heavy atom. The first kappa shape index (κ1) is 25.9. The maximum atomic E-state index is 12.9. The van der Waals surface area contributed by atoms with E-state index in [1.54, 1.807) is 31.2 Å². The van der Waals surface area contributed by atoms with E-state index in [0.29, 0.717) is 29.7 Å². The number of benzene rings is 3. The summed E-state index contributed by atoms with van der Waals surface area (Å²) < 4.78 is 76.9. The SMILES string of the molecule is CCC(Oc1cccc(OC)c1)C(=O)Nc1ccc(S(=O)(=O)Nc2cccc(C(F)(F)F)c2)cc1. The van der Waals surface area contributed by atoms with E-state index in [1.165, 1.54) is 37.4 Å². The van der Waals surface area contributed by atoms with Gasteiger partial charge in [-0.1, -0.05) is 19.1 Å². The molecule has 0 aliphatic carbocycles. The maximum Gasteiger partial charge on any atom is 0.416 e. The van der Waals surface area contributed by atoms with Crippen LogP contribution in [0.3, 0.4) is 0 Å². The monoisotopic (exact) mass is 508 g/mol. The van der Waals surface area contributed by atoms with Crippen LogP contribution in [0.4, 0.5) is 24.5 Å². The molecule has 11 heteroatoms. The zero-order valence-electron chi connectivity index (χ0n) is 18.8. The minimum absolute atomic E-state index is 0.187. The molecular weight excluding hydrogens is 485 g/mol. The zero-order chi connectivity index (χ0) is 25.6. The molecule has 1 unspecified atom stereocenters. The van der Waals surface area contributed by atoms with E-state index in [0.717, 1.165) is 12.1 Å². The van der Waals surface area contributed by atoms with Gasteiger partial charge in [0, 0.05) is 17.4 Å². The topological polar surface area (TPSA) is 93.7 Å². The van der Waals surface area contributed by atoms with Gasteiger partial charge in [-0.3, -0.25) is 9.52 Å². The van der Waals surface area contributed by atoms with Gasteiger partial charge >= 0.3 is 6.18 Å². The van der Waals surface area contributed by atoms with Crippen molar-refractivity contribution in [2.75, 3.05) is 17.1 Å². The average Bonchev–Trinajstić information content (AvgIpc) is 2.82. The molecule has 0 heterocycles. The molecule has 3 aromatic rings. The van der Waals surface area contributed by atoms with Gasteiger partial charge in [0.1, 0.15) is 11.5 Å². The Morgan fingerprint density at radius 3 is 2.23 bits per heavy atom. The van der Waals surface area contributed by atoms with Crippen molar-refractivity contribution in [1.82, 2.24) is 0 Å². The molecule has 2 N–H and O–H groups in total. The lowest BCUT2D eigenvalue weighted by molar-refractivity contribution is -0.137. The Kier molecular flexibility index (Phi) is 7.90. The molecule has 3 aromatic carbocycles. The third kappa shape index (κ3) is 6.89. The van der Waals surface area contributed by atoms with Gasteiger partial charge in [-0.2, -0.15) is 13.2 Å². The number of alkyl halides is 3. The van der Waals surface area contributed by atoms with Crippen molar-refractivity contribution >= 4 is 27.3 Å². The van der Waals surface area contributed by atoms with Gasteiger partial charge < -0.3 is 14.8 Å². The zero-order valence-corrected chi connectivity index (χ0v) is 19.6. The number of anilines is 2. The third-order valence-corrected chi connectivity index (χ3v) is 6.25. The predicted molar refractivity (Wildman–Crippen MR) is 125 cm³/mol. The first-order valence-electron chi connectivity index (χ1n) is 10.4. The van der Waals surface area contributed by atoms with Crippen molar-refractivity contribution in [3.63, 3.8) is 0 Å². The second-order valence-electron chi connectivity index (χ2n) is 7.39. The molecule has 3 rings (SSSR count). The maximum absolute atomic E-state index is 12.9. The van der Waals surface area contributed by atoms with Gasteiger partial charge in [-0.05, 0) is 61.0 Å². The van der Waals surface area contributed by atoms with Crippen LogP contribution in [0.5, 0.6) is 11.5 Å². The second-order valence-corrected chi connectivity index (χ2v) is 9.07. The van der Waals surface area contributed by atoms with E-state index >= 15 is 0 Å². The van der Waals surface area contributed by atoms with Gasteiger partial charge in [0.15, 0.2) is 6.10 Å². The molecule has 1 atom stereocenters. The van der Waals surface area contributed by atoms with Gasteiger partial charge in [-0.25, -0.2) is 8.42 Å². The fourth-order valence-electron chi connectivity index (χ4n) is 3.07. The van der Waals surface area contributed by atoms with Crippen molar-refractivity contribution < 1.29 is 35.9 Å². The lowest BCUT2D eigenvalue weighted by Gasteiger charge is -2.18. The lowest BCUT2D eigenvalue weighted by atomic mass is 10.2. The molecule has 0 spiro atoms. The molecule has 35 heavy (non-hydrogen) atoms. The second kappa shape index (κ2) is 10.7. The minimum Gasteiger partial charge on any atom is -0.497 e. The van der Waals surface area contributed by atoms with Crippen LogP contribution in [0.15, 0.2) is 77.7 Å². The van der Waals surface area contributed by atoms with Crippen LogP contribution in [0.25, 0.3) is 0 Å². The highest BCUT2D eigenvalue weighted by atomic mass is 32.2. The smallest absolute Gasteiger partial charge is 0.416 e. The molecular formula is C24H23F3N2O5S. The number of hydrogen-bond acceptors (Lipinski definition) is 5. The van der Waals surface area contributed by atoms with Gasteiger partial charge in [-0.15, -0.1) is 0 Å². The summed E-state index contributed by atoms with van der Waals surface area (Å²) in [5.41, 5.74) is -0.879. The number of amides is 1. The summed E-state index contributed by atoms with van der Waals surface area (Å²) in [4.78, 5) is 12.5. The van der Waals surface area contributed by atoms with Crippen LogP contribution in [-0.2, 0) is 21.0 Å². The Hall–Kier alpha value is -3.73. The summed E-state index contributed by atoms with van der Waals surface area (Å²) >= 11 is 0. The third-order valence-electron chi connectivity index (χ3n) is 4.86. The van der Waals surface area contributed by atoms with Gasteiger partial charge in [0.25, 0.3) is 15.9 Å². The fraction of sp³-hybridized carbons (Fsp3) is 0.208. The Morgan fingerprint density at radius 1 is 0.943 bits per heavy atom. The van der Waals surface area contributed by atoms with Crippen LogP contribution in [0.1, 0.15) is 18.9 Å². The van der Waals surface area contributed by atoms with E-state index in [2.05, 4.69) is 10.0 Å². The number of hydrogen-bond donors (Lipinski definition) is 2. The molecule has 0 fully saturated rings. The molecule has 0 radical (unpaired) electrons. The summed E-state index contributed by atoms with van der Waals surface area (Å²) in [6, 6.07) is 15.9. The molecule has 0 aliphatic heterocycles. The summed E-state index contributed by atoms with van der Waals surface area (Å²) in [6.45, 7) is 1.78. The van der Waals surface area contributed by atoms with Crippen LogP contribution >= 0.6 is 0 Å². The van der Waals surface area contributed by atoms with Crippen LogP contribution in [0.2, 0.25) is 0 Å². The van der Waals surface area contributed by atoms with Crippen molar-refractivity contribution in [3.05, 3.63) is 78.4 Å². The molecule has 0 aliphatic rings. The van der Waals surface area contributed by atoms with Crippen molar-refractivity contribution in [2.24, 2.45) is 0 Å². The highest BCUT2D eigenvalue weighted by Crippen LogP contribution is 2.31. The Labute approximate surface area is 200 Å². The number of halogens is 3. The number of methoxy groups -OCH3 is 1. The first-order chi connectivity index (χ1) is 16.5. The van der Waals surface area contributed by atoms with Crippen LogP contribution < -0.4 is 19.5 Å². The van der Waals surface area contributed by atoms with Crippen molar-refractivity contribution in [2.45, 2.75) is 30.5 Å². The van der Waals surface area contributed by atoms with Crippen LogP contribution in [-0.4, -0.2) is 27.5 Å². The Balaban J connectivity index is 1.68. The molecule has 0 bridgehead atoms. The number of sulfonamides is 1. The standard InChI is InChI=1S/C24H23F3N2O5S/c1-3-22(34-20-9-5-8-19(15-20)33-2)23(30)28-17-10-12-21(13-11-17)35(31,32)29-18-7-4-6-16(14-18)24(25,26)27/h4-15,22,29H,3H2,1-2H3,(H,28,30). The highest BCUT2D eigenvalue weighted by Gasteiger charge is 2.30. The molecule has 1 amide bonds. The summed E-state index contributed by atoms with van der Waals surface area (Å²) in [6.07, 6.45) is -5.04. The van der Waals surface area contributed by atoms with E-state index in [-0.39, 0.29) is 10.6 Å². The number of ether oxygens (including phenoxy) is 2. The largest absolute Gasteiger partial charge is 0.497 e. The molecule has 186 valence electrons. The molecule has 0 saturated carbocycles. The van der Waals surface area contributed by atoms with Gasteiger partial charge in [0.2, 0.25) is 0 Å². The van der Waals surface area contributed by atoms with Gasteiger partial charge in [0.05, 0.1) is 17.6 Å². The summed E-state index contributed by atoms with van der Waals surface area (Å²) in [7, 11) is -2.64. The number of rotatable bonds is 9. The molecule has 0 aromatic heterocycles. The lowest BCUT2D eigenvalue weighted by Crippen LogP contribution is -2.32. The Bertz CT molecular complexity index is 1280. The van der Waals surface area contributed by atoms with Crippen LogP contribution in [0, 0.1) is 0 Å². The van der Waals surface area contributed by atoms with E-state index in [1.807, 2.05) is 0 Å². The predicted octanol–water partition coefficient (Wildman–Crippen LogP) is 5.31. The highest BCUT2D eigenvalue weighted by molar-refractivity contribution is 7.92. The molecule has 0 saturated heterocycles. The molecule has 7 nitrogen and oxygen atoms in total. The van der Waals surface area contributed by atoms with E-state index in [4.69, 9.17) is 9.47 Å². The first-order valence-corrected chi connectivity index (χ1v) is 11.9. The van der Waals surface area contributed by atoms with E-state index in [9.17, 15) is 26.4 Å². The average molecular weight is 509 g/mol. The number of carbonyl (C=O) groups excluding carboxylic acids is 1. The quantitative estimate of drug-likeness (QED) is 0.409. The summed E-state index contributed by atoms with van der Waals surface area (Å²) in [5.74, 6) is 0.592. The number of nitrogens with one attached hydrogen (secondary N) is 2. The number of carbonyl (C=O) groups is 1. The fourth-order valence-corrected chi connectivity index (χ4v) is 4.12. The van der Waals surface area contributed by atoms with E-state index < -0.39 is 33.8 Å². The van der Waals surface area contributed by atoms with Crippen molar-refractivity contribution in [3.8, 4) is 11.5 Å². The normalized spacial score (nSPS) is 12.5.